The summed E-state index contributed by atoms with van der Waals surface area (Å²) in [7, 11) is 54.8. The van der Waals surface area contributed by atoms with Crippen molar-refractivity contribution in [3.05, 3.63) is 121 Å². The molecule has 55 heavy (non-hydrogen) atoms. The maximum absolute atomic E-state index is 7.05. The lowest BCUT2D eigenvalue weighted by molar-refractivity contribution is 0.669. The summed E-state index contributed by atoms with van der Waals surface area (Å²) in [5, 5.41) is 8.45. The van der Waals surface area contributed by atoms with E-state index in [1.165, 1.54) is 0 Å². The van der Waals surface area contributed by atoms with Crippen molar-refractivity contribution < 1.29 is 4.42 Å². The Balaban J connectivity index is 1.36. The molecule has 234 valence electrons. The van der Waals surface area contributed by atoms with Crippen LogP contribution < -0.4 is 43.7 Å². The number of rotatable bonds is 3. The highest BCUT2D eigenvalue weighted by atomic mass is 16.3. The molecule has 0 N–H and O–H groups in total. The zero-order valence-electron chi connectivity index (χ0n) is 29.6. The Kier molecular flexibility index (Phi) is 7.66. The normalized spacial score (nSPS) is 11.9. The van der Waals surface area contributed by atoms with Crippen LogP contribution in [0.2, 0.25) is 0 Å². The molecule has 0 amide bonds. The summed E-state index contributed by atoms with van der Waals surface area (Å²) in [5.74, 6) is 0. The van der Waals surface area contributed by atoms with Gasteiger partial charge in [-0.1, -0.05) is 125 Å². The van der Waals surface area contributed by atoms with Gasteiger partial charge in [-0.3, -0.25) is 0 Å². The SMILES string of the molecule is [B]c1c([B])c([B])c2c(-c3cccc4cc5c(cc34)oc3ccccc35)c3c([B])c([B])c([B])c([B])c3c(-c3ccc(-c4cccc5ccccc45)cc3)c2c1[B]. The molecule has 1 nitrogen and oxygen atoms in total. The van der Waals surface area contributed by atoms with Crippen molar-refractivity contribution in [2.24, 2.45) is 0 Å². The summed E-state index contributed by atoms with van der Waals surface area (Å²) in [4.78, 5) is 0. The molecule has 0 aliphatic heterocycles. The van der Waals surface area contributed by atoms with Gasteiger partial charge in [0.1, 0.15) is 73.9 Å². The highest BCUT2D eigenvalue weighted by Gasteiger charge is 2.25. The fourth-order valence-corrected chi connectivity index (χ4v) is 8.51. The Bertz CT molecular complexity index is 3210. The molecule has 9 heteroatoms. The summed E-state index contributed by atoms with van der Waals surface area (Å²) >= 11 is 0. The van der Waals surface area contributed by atoms with Crippen LogP contribution in [0.4, 0.5) is 0 Å². The van der Waals surface area contributed by atoms with Crippen LogP contribution in [0, 0.1) is 0 Å². The van der Waals surface area contributed by atoms with E-state index in [0.29, 0.717) is 32.7 Å². The van der Waals surface area contributed by atoms with Crippen LogP contribution in [0.15, 0.2) is 126 Å². The van der Waals surface area contributed by atoms with Gasteiger partial charge in [0.15, 0.2) is 0 Å². The van der Waals surface area contributed by atoms with Crippen molar-refractivity contribution in [1.82, 2.24) is 0 Å². The minimum absolute atomic E-state index is 0.165. The molecule has 0 fully saturated rings. The number of hydrogen-bond donors (Lipinski definition) is 0. The number of fused-ring (bicyclic) bond motifs is 7. The Labute approximate surface area is 329 Å². The second kappa shape index (κ2) is 12.4. The number of hydrogen-bond acceptors (Lipinski definition) is 1. The first kappa shape index (κ1) is 33.9. The molecule has 0 saturated carbocycles. The van der Waals surface area contributed by atoms with Crippen molar-refractivity contribution in [3.63, 3.8) is 0 Å². The fourth-order valence-electron chi connectivity index (χ4n) is 8.51. The van der Waals surface area contributed by atoms with Gasteiger partial charge in [-0.15, -0.1) is 21.9 Å². The average Bonchev–Trinajstić information content (AvgIpc) is 3.58. The third kappa shape index (κ3) is 4.85. The highest BCUT2D eigenvalue weighted by molar-refractivity contribution is 6.71. The smallest absolute Gasteiger partial charge is 0.136 e. The van der Waals surface area contributed by atoms with E-state index in [1.807, 2.05) is 60.7 Å². The van der Waals surface area contributed by atoms with Gasteiger partial charge < -0.3 is 4.42 Å². The third-order valence-corrected chi connectivity index (χ3v) is 11.2. The van der Waals surface area contributed by atoms with Crippen LogP contribution in [-0.4, -0.2) is 62.8 Å². The lowest BCUT2D eigenvalue weighted by Gasteiger charge is -2.29. The molecule has 0 aliphatic rings. The van der Waals surface area contributed by atoms with E-state index in [9.17, 15) is 0 Å². The number of para-hydroxylation sites is 1. The van der Waals surface area contributed by atoms with Gasteiger partial charge in [-0.25, -0.2) is 0 Å². The molecule has 16 radical (unpaired) electrons. The van der Waals surface area contributed by atoms with E-state index >= 15 is 0 Å². The zero-order chi connectivity index (χ0) is 37.9. The number of furan rings is 1. The maximum atomic E-state index is 7.05. The molecule has 9 aromatic carbocycles. The Morgan fingerprint density at radius 1 is 0.309 bits per heavy atom. The molecule has 0 bridgehead atoms. The van der Waals surface area contributed by atoms with Crippen molar-refractivity contribution >= 4 is 172 Å². The summed E-state index contributed by atoms with van der Waals surface area (Å²) in [6.45, 7) is 0. The van der Waals surface area contributed by atoms with Crippen molar-refractivity contribution in [3.8, 4) is 33.4 Å². The quantitative estimate of drug-likeness (QED) is 0.207. The van der Waals surface area contributed by atoms with Crippen LogP contribution in [0.5, 0.6) is 0 Å². The first-order chi connectivity index (χ1) is 26.6. The molecule has 0 atom stereocenters. The zero-order valence-corrected chi connectivity index (χ0v) is 29.6. The van der Waals surface area contributed by atoms with Gasteiger partial charge in [0.25, 0.3) is 0 Å². The summed E-state index contributed by atoms with van der Waals surface area (Å²) in [6.07, 6.45) is 0. The molecule has 10 aromatic rings. The van der Waals surface area contributed by atoms with E-state index < -0.39 is 0 Å². The van der Waals surface area contributed by atoms with E-state index in [0.717, 1.165) is 65.7 Å². The molecule has 0 aliphatic carbocycles. The monoisotopic (exact) mass is 676 g/mol. The fraction of sp³-hybridized carbons (Fsp3) is 0. The minimum Gasteiger partial charge on any atom is -0.456 e. The van der Waals surface area contributed by atoms with Crippen LogP contribution in [0.25, 0.3) is 98.4 Å². The van der Waals surface area contributed by atoms with E-state index in [4.69, 9.17) is 67.2 Å². The average molecular weight is 675 g/mol. The van der Waals surface area contributed by atoms with Crippen LogP contribution in [0.3, 0.4) is 0 Å². The van der Waals surface area contributed by atoms with Crippen molar-refractivity contribution in [2.75, 3.05) is 0 Å². The van der Waals surface area contributed by atoms with Gasteiger partial charge in [0, 0.05) is 10.8 Å². The van der Waals surface area contributed by atoms with Crippen molar-refractivity contribution in [1.29, 1.82) is 0 Å². The van der Waals surface area contributed by atoms with Gasteiger partial charge in [0.2, 0.25) is 0 Å². The Morgan fingerprint density at radius 2 is 0.800 bits per heavy atom. The molecule has 0 unspecified atom stereocenters. The second-order valence-electron chi connectivity index (χ2n) is 14.1. The number of benzene rings is 9. The third-order valence-electron chi connectivity index (χ3n) is 11.2. The lowest BCUT2D eigenvalue weighted by Crippen LogP contribution is -2.50. The highest BCUT2D eigenvalue weighted by Crippen LogP contribution is 2.44. The first-order valence-electron chi connectivity index (χ1n) is 17.8. The van der Waals surface area contributed by atoms with Crippen LogP contribution in [-0.2, 0) is 0 Å². The van der Waals surface area contributed by atoms with E-state index in [2.05, 4.69) is 60.7 Å². The molecular weight excluding hydrogens is 655 g/mol. The largest absolute Gasteiger partial charge is 0.456 e. The maximum Gasteiger partial charge on any atom is 0.136 e. The predicted octanol–water partition coefficient (Wildman–Crippen LogP) is 3.55. The molecule has 10 rings (SSSR count). The van der Waals surface area contributed by atoms with Gasteiger partial charge >= 0.3 is 0 Å². The molecular formula is C46H20B8O. The predicted molar refractivity (Wildman–Crippen MR) is 243 cm³/mol. The van der Waals surface area contributed by atoms with E-state index in [-0.39, 0.29) is 43.7 Å². The molecule has 0 saturated heterocycles. The Hall–Kier alpha value is -5.66. The first-order valence-corrected chi connectivity index (χ1v) is 17.8. The molecule has 1 aromatic heterocycles. The summed E-state index contributed by atoms with van der Waals surface area (Å²) < 4.78 is 6.36. The summed E-state index contributed by atoms with van der Waals surface area (Å²) in [5.41, 5.74) is 8.22. The Morgan fingerprint density at radius 3 is 1.44 bits per heavy atom. The van der Waals surface area contributed by atoms with Crippen molar-refractivity contribution in [2.45, 2.75) is 0 Å². The van der Waals surface area contributed by atoms with Gasteiger partial charge in [-0.05, 0) is 94.7 Å². The topological polar surface area (TPSA) is 13.1 Å². The van der Waals surface area contributed by atoms with Crippen LogP contribution in [0.1, 0.15) is 0 Å². The van der Waals surface area contributed by atoms with E-state index in [1.54, 1.807) is 0 Å². The standard InChI is InChI=1S/C46H20B8O/c47-39-35-33(23-17-15-22(16-18-23)26-12-5-8-21-7-1-2-10-25(21)26)36-38(42(50)46(54)44(52)40(36)48)34(37(35)41(49)45(53)43(39)51)28-13-6-9-24-19-30-27-11-3-4-14-31(27)55-32(30)20-29(24)28/h1-20H. The van der Waals surface area contributed by atoms with Gasteiger partial charge in [0.05, 0.1) is 0 Å². The lowest BCUT2D eigenvalue weighted by atomic mass is 9.59. The van der Waals surface area contributed by atoms with Crippen LogP contribution >= 0.6 is 0 Å². The molecule has 1 heterocycles. The minimum atomic E-state index is 0.165. The summed E-state index contributed by atoms with van der Waals surface area (Å²) in [6, 6.07) is 41.0. The van der Waals surface area contributed by atoms with Gasteiger partial charge in [-0.2, -0.15) is 0 Å². The second-order valence-corrected chi connectivity index (χ2v) is 14.1. The molecule has 0 spiro atoms.